The standard InChI is InChI=1S/C41H79O7P/c1-3-5-7-9-11-13-15-17-19-21-23-25-27-29-31-33-40(42)44-37-39(38-47-49-45-35-36-46-49)48-41(43)34-32-30-28-26-24-22-20-18-16-14-12-10-8-6-4-2/h39H,3-38H2,1-2H3. The number of rotatable bonds is 38. The molecule has 1 atom stereocenters. The fourth-order valence-electron chi connectivity index (χ4n) is 6.38. The summed E-state index contributed by atoms with van der Waals surface area (Å²) in [6.07, 6.45) is 38.9. The first-order valence-corrected chi connectivity index (χ1v) is 22.3. The second-order valence-electron chi connectivity index (χ2n) is 14.4. The van der Waals surface area contributed by atoms with Crippen molar-refractivity contribution in [3.63, 3.8) is 0 Å². The summed E-state index contributed by atoms with van der Waals surface area (Å²) >= 11 is 0. The quantitative estimate of drug-likeness (QED) is 0.0358. The van der Waals surface area contributed by atoms with Crippen LogP contribution in [0.2, 0.25) is 0 Å². The third-order valence-electron chi connectivity index (χ3n) is 9.54. The van der Waals surface area contributed by atoms with Crippen LogP contribution in [0.4, 0.5) is 0 Å². The second kappa shape index (κ2) is 37.0. The van der Waals surface area contributed by atoms with Crippen LogP contribution in [-0.2, 0) is 32.6 Å². The molecule has 0 aliphatic carbocycles. The molecule has 0 radical (unpaired) electrons. The van der Waals surface area contributed by atoms with E-state index in [-0.39, 0.29) is 25.2 Å². The maximum Gasteiger partial charge on any atom is 0.332 e. The van der Waals surface area contributed by atoms with E-state index in [2.05, 4.69) is 13.8 Å². The fraction of sp³-hybridized carbons (Fsp3) is 0.951. The number of carbonyl (C=O) groups excluding carboxylic acids is 2. The van der Waals surface area contributed by atoms with E-state index >= 15 is 0 Å². The Hall–Kier alpha value is -0.750. The lowest BCUT2D eigenvalue weighted by Gasteiger charge is -2.19. The molecule has 1 heterocycles. The summed E-state index contributed by atoms with van der Waals surface area (Å²) in [5.41, 5.74) is 0. The Labute approximate surface area is 304 Å². The number of carbonyl (C=O) groups is 2. The topological polar surface area (TPSA) is 80.3 Å². The number of unbranched alkanes of at least 4 members (excludes halogenated alkanes) is 28. The highest BCUT2D eigenvalue weighted by atomic mass is 31.2. The molecule has 0 spiro atoms. The number of ether oxygens (including phenoxy) is 2. The molecule has 1 unspecified atom stereocenters. The largest absolute Gasteiger partial charge is 0.462 e. The second-order valence-corrected chi connectivity index (χ2v) is 15.6. The van der Waals surface area contributed by atoms with Crippen LogP contribution < -0.4 is 0 Å². The van der Waals surface area contributed by atoms with Crippen molar-refractivity contribution in [2.24, 2.45) is 0 Å². The van der Waals surface area contributed by atoms with Crippen LogP contribution in [0.25, 0.3) is 0 Å². The molecule has 0 aromatic heterocycles. The van der Waals surface area contributed by atoms with Gasteiger partial charge < -0.3 is 23.0 Å². The monoisotopic (exact) mass is 715 g/mol. The molecule has 49 heavy (non-hydrogen) atoms. The van der Waals surface area contributed by atoms with Gasteiger partial charge in [-0.05, 0) is 12.8 Å². The lowest BCUT2D eigenvalue weighted by molar-refractivity contribution is -0.161. The third kappa shape index (κ3) is 32.9. The Balaban J connectivity index is 2.05. The van der Waals surface area contributed by atoms with Gasteiger partial charge in [0.05, 0.1) is 19.8 Å². The summed E-state index contributed by atoms with van der Waals surface area (Å²) in [4.78, 5) is 25.0. The van der Waals surface area contributed by atoms with Crippen molar-refractivity contribution >= 4 is 20.5 Å². The molecule has 0 saturated carbocycles. The predicted octanol–water partition coefficient (Wildman–Crippen LogP) is 13.3. The average molecular weight is 715 g/mol. The molecule has 290 valence electrons. The lowest BCUT2D eigenvalue weighted by Crippen LogP contribution is -2.29. The van der Waals surface area contributed by atoms with Crippen molar-refractivity contribution in [2.45, 2.75) is 225 Å². The molecule has 0 aromatic rings. The van der Waals surface area contributed by atoms with Gasteiger partial charge in [-0.2, -0.15) is 0 Å². The van der Waals surface area contributed by atoms with Crippen LogP contribution in [0.5, 0.6) is 0 Å². The smallest absolute Gasteiger partial charge is 0.332 e. The van der Waals surface area contributed by atoms with E-state index in [0.29, 0.717) is 26.1 Å². The lowest BCUT2D eigenvalue weighted by atomic mass is 10.0. The average Bonchev–Trinajstić information content (AvgIpc) is 3.63. The summed E-state index contributed by atoms with van der Waals surface area (Å²) in [6.45, 7) is 5.66. The SMILES string of the molecule is CCCCCCCCCCCCCCCCCC(=O)OCC(COP1OCCO1)OC(=O)CCCCCCCCCCCCCCCCC. The van der Waals surface area contributed by atoms with Crippen LogP contribution in [0.3, 0.4) is 0 Å². The molecular formula is C41H79O7P. The van der Waals surface area contributed by atoms with Gasteiger partial charge in [-0.3, -0.25) is 9.59 Å². The molecule has 0 aromatic carbocycles. The molecule has 1 aliphatic heterocycles. The number of hydrogen-bond acceptors (Lipinski definition) is 7. The van der Waals surface area contributed by atoms with Gasteiger partial charge in [0.15, 0.2) is 6.10 Å². The first-order chi connectivity index (χ1) is 24.2. The Morgan fingerprint density at radius 2 is 0.796 bits per heavy atom. The van der Waals surface area contributed by atoms with Crippen molar-refractivity contribution in [2.75, 3.05) is 26.4 Å². The Morgan fingerprint density at radius 1 is 0.469 bits per heavy atom. The highest BCUT2D eigenvalue weighted by molar-refractivity contribution is 7.41. The molecule has 0 amide bonds. The van der Waals surface area contributed by atoms with Crippen LogP contribution >= 0.6 is 8.60 Å². The summed E-state index contributed by atoms with van der Waals surface area (Å²) in [5, 5.41) is 0. The zero-order valence-corrected chi connectivity index (χ0v) is 33.2. The van der Waals surface area contributed by atoms with Crippen LogP contribution in [0.15, 0.2) is 0 Å². The molecule has 0 bridgehead atoms. The molecule has 8 heteroatoms. The number of hydrogen-bond donors (Lipinski definition) is 0. The van der Waals surface area contributed by atoms with Crippen molar-refractivity contribution < 1.29 is 32.6 Å². The van der Waals surface area contributed by atoms with E-state index in [1.807, 2.05) is 0 Å². The maximum atomic E-state index is 12.6. The van der Waals surface area contributed by atoms with Gasteiger partial charge in [0.1, 0.15) is 6.61 Å². The highest BCUT2D eigenvalue weighted by Gasteiger charge is 2.24. The molecule has 1 aliphatic rings. The minimum atomic E-state index is -1.42. The van der Waals surface area contributed by atoms with E-state index < -0.39 is 14.7 Å². The van der Waals surface area contributed by atoms with Crippen molar-refractivity contribution in [1.82, 2.24) is 0 Å². The van der Waals surface area contributed by atoms with E-state index in [4.69, 9.17) is 23.0 Å². The Morgan fingerprint density at radius 3 is 1.16 bits per heavy atom. The normalized spacial score (nSPS) is 14.0. The first-order valence-electron chi connectivity index (χ1n) is 21.2. The fourth-order valence-corrected chi connectivity index (χ4v) is 7.34. The van der Waals surface area contributed by atoms with Gasteiger partial charge in [0.25, 0.3) is 0 Å². The Bertz CT molecular complexity index is 716. The minimum Gasteiger partial charge on any atom is -0.462 e. The van der Waals surface area contributed by atoms with Crippen molar-refractivity contribution in [3.05, 3.63) is 0 Å². The zero-order chi connectivity index (χ0) is 35.3. The zero-order valence-electron chi connectivity index (χ0n) is 32.3. The van der Waals surface area contributed by atoms with E-state index in [1.54, 1.807) is 0 Å². The van der Waals surface area contributed by atoms with Crippen molar-refractivity contribution in [3.8, 4) is 0 Å². The molecule has 7 nitrogen and oxygen atoms in total. The van der Waals surface area contributed by atoms with Crippen LogP contribution in [0.1, 0.15) is 219 Å². The van der Waals surface area contributed by atoms with Crippen LogP contribution in [0, 0.1) is 0 Å². The maximum absolute atomic E-state index is 12.6. The summed E-state index contributed by atoms with van der Waals surface area (Å²) in [6, 6.07) is 0. The predicted molar refractivity (Wildman–Crippen MR) is 205 cm³/mol. The molecule has 1 rings (SSSR count). The molecule has 1 fully saturated rings. The van der Waals surface area contributed by atoms with Gasteiger partial charge in [0, 0.05) is 12.8 Å². The van der Waals surface area contributed by atoms with Crippen molar-refractivity contribution in [1.29, 1.82) is 0 Å². The van der Waals surface area contributed by atoms with Crippen LogP contribution in [-0.4, -0.2) is 44.5 Å². The van der Waals surface area contributed by atoms with Gasteiger partial charge in [0.2, 0.25) is 0 Å². The minimum absolute atomic E-state index is 0.00530. The van der Waals surface area contributed by atoms with Gasteiger partial charge in [-0.15, -0.1) is 0 Å². The third-order valence-corrected chi connectivity index (χ3v) is 10.7. The molecule has 1 saturated heterocycles. The van der Waals surface area contributed by atoms with Gasteiger partial charge >= 0.3 is 20.5 Å². The Kier molecular flexibility index (Phi) is 35.0. The first kappa shape index (κ1) is 46.3. The van der Waals surface area contributed by atoms with E-state index in [0.717, 1.165) is 32.1 Å². The van der Waals surface area contributed by atoms with E-state index in [9.17, 15) is 9.59 Å². The van der Waals surface area contributed by atoms with E-state index in [1.165, 1.54) is 161 Å². The summed E-state index contributed by atoms with van der Waals surface area (Å²) < 4.78 is 27.6. The highest BCUT2D eigenvalue weighted by Crippen LogP contribution is 2.43. The summed E-state index contributed by atoms with van der Waals surface area (Å²) in [7, 11) is -1.42. The van der Waals surface area contributed by atoms with Gasteiger partial charge in [-0.25, -0.2) is 0 Å². The molecular weight excluding hydrogens is 635 g/mol. The van der Waals surface area contributed by atoms with Gasteiger partial charge in [-0.1, -0.05) is 194 Å². The molecule has 0 N–H and O–H groups in total. The summed E-state index contributed by atoms with van der Waals surface area (Å²) in [5.74, 6) is -0.500. The number of esters is 2.